The summed E-state index contributed by atoms with van der Waals surface area (Å²) >= 11 is 0. The van der Waals surface area contributed by atoms with Crippen molar-refractivity contribution in [3.05, 3.63) is 24.3 Å². The van der Waals surface area contributed by atoms with Crippen molar-refractivity contribution in [2.45, 2.75) is 6.36 Å². The first kappa shape index (κ1) is 15.1. The minimum Gasteiger partial charge on any atom is -0.480 e. The summed E-state index contributed by atoms with van der Waals surface area (Å²) < 4.78 is 45.0. The molecule has 1 aromatic rings. The second kappa shape index (κ2) is 6.83. The topological polar surface area (TPSA) is 67.8 Å². The highest BCUT2D eigenvalue weighted by Gasteiger charge is 2.32. The number of halogens is 3. The second-order valence-corrected chi connectivity index (χ2v) is 3.36. The predicted molar refractivity (Wildman–Crippen MR) is 58.7 cm³/mol. The minimum absolute atomic E-state index is 0.0445. The minimum atomic E-state index is -4.83. The first-order valence-electron chi connectivity index (χ1n) is 5.27. The molecule has 0 saturated carbocycles. The third-order valence-electron chi connectivity index (χ3n) is 1.87. The smallest absolute Gasteiger partial charge is 0.480 e. The number of hydrogen-bond acceptors (Lipinski definition) is 4. The van der Waals surface area contributed by atoms with Crippen molar-refractivity contribution in [2.75, 3.05) is 19.8 Å². The first-order chi connectivity index (χ1) is 8.92. The van der Waals surface area contributed by atoms with Crippen LogP contribution in [0.25, 0.3) is 0 Å². The average molecular weight is 279 g/mol. The standard InChI is InChI=1S/C11H12F3NO4/c12-11(13,14)19-9-4-2-1-3-8(9)18-7-10(17)15-5-6-16/h1-4,16H,5-7H2,(H,15,17). The molecule has 19 heavy (non-hydrogen) atoms. The Morgan fingerprint density at radius 1 is 1.26 bits per heavy atom. The number of hydrogen-bond donors (Lipinski definition) is 2. The molecule has 0 bridgehead atoms. The van der Waals surface area contributed by atoms with E-state index in [2.05, 4.69) is 10.1 Å². The molecule has 1 aromatic carbocycles. The monoisotopic (exact) mass is 279 g/mol. The first-order valence-corrected chi connectivity index (χ1v) is 5.27. The van der Waals surface area contributed by atoms with E-state index in [1.807, 2.05) is 0 Å². The quantitative estimate of drug-likeness (QED) is 0.817. The molecular formula is C11H12F3NO4. The van der Waals surface area contributed by atoms with Crippen LogP contribution in [0.1, 0.15) is 0 Å². The number of nitrogens with one attached hydrogen (secondary N) is 1. The number of benzene rings is 1. The van der Waals surface area contributed by atoms with E-state index in [1.54, 1.807) is 0 Å². The Morgan fingerprint density at radius 2 is 1.89 bits per heavy atom. The number of ether oxygens (including phenoxy) is 2. The van der Waals surface area contributed by atoms with Gasteiger partial charge in [-0.1, -0.05) is 12.1 Å². The van der Waals surface area contributed by atoms with Gasteiger partial charge in [0.05, 0.1) is 6.61 Å². The average Bonchev–Trinajstić information content (AvgIpc) is 2.33. The molecular weight excluding hydrogens is 267 g/mol. The zero-order valence-electron chi connectivity index (χ0n) is 9.74. The van der Waals surface area contributed by atoms with E-state index in [1.165, 1.54) is 18.2 Å². The molecule has 1 amide bonds. The van der Waals surface area contributed by atoms with Crippen molar-refractivity contribution in [2.24, 2.45) is 0 Å². The van der Waals surface area contributed by atoms with Gasteiger partial charge in [0.2, 0.25) is 0 Å². The van der Waals surface area contributed by atoms with Gasteiger partial charge in [0.25, 0.3) is 5.91 Å². The summed E-state index contributed by atoms with van der Waals surface area (Å²) in [4.78, 5) is 11.2. The number of rotatable bonds is 6. The van der Waals surface area contributed by atoms with Crippen LogP contribution in [0.5, 0.6) is 11.5 Å². The van der Waals surface area contributed by atoms with Crippen molar-refractivity contribution < 1.29 is 32.5 Å². The Kier molecular flexibility index (Phi) is 5.43. The highest BCUT2D eigenvalue weighted by molar-refractivity contribution is 5.77. The molecule has 8 heteroatoms. The molecule has 0 aromatic heterocycles. The lowest BCUT2D eigenvalue weighted by Gasteiger charge is -2.13. The highest BCUT2D eigenvalue weighted by Crippen LogP contribution is 2.31. The van der Waals surface area contributed by atoms with Gasteiger partial charge in [0, 0.05) is 6.54 Å². The lowest BCUT2D eigenvalue weighted by atomic mass is 10.3. The van der Waals surface area contributed by atoms with E-state index in [4.69, 9.17) is 9.84 Å². The van der Waals surface area contributed by atoms with Gasteiger partial charge in [-0.05, 0) is 12.1 Å². The molecule has 0 aliphatic carbocycles. The normalized spacial score (nSPS) is 10.9. The summed E-state index contributed by atoms with van der Waals surface area (Å²) in [6.07, 6.45) is -4.83. The molecule has 0 spiro atoms. The molecule has 0 fully saturated rings. The van der Waals surface area contributed by atoms with Crippen molar-refractivity contribution in [3.8, 4) is 11.5 Å². The molecule has 0 aliphatic rings. The van der Waals surface area contributed by atoms with Gasteiger partial charge in [0.15, 0.2) is 18.1 Å². The number of para-hydroxylation sites is 2. The van der Waals surface area contributed by atoms with Crippen LogP contribution in [0.15, 0.2) is 24.3 Å². The number of carbonyl (C=O) groups is 1. The van der Waals surface area contributed by atoms with Crippen molar-refractivity contribution in [1.82, 2.24) is 5.32 Å². The molecule has 0 radical (unpaired) electrons. The number of alkyl halides is 3. The fourth-order valence-electron chi connectivity index (χ4n) is 1.17. The Morgan fingerprint density at radius 3 is 2.47 bits per heavy atom. The molecule has 106 valence electrons. The van der Waals surface area contributed by atoms with Crippen LogP contribution in [0.4, 0.5) is 13.2 Å². The van der Waals surface area contributed by atoms with Crippen LogP contribution in [-0.4, -0.2) is 37.1 Å². The maximum Gasteiger partial charge on any atom is 0.573 e. The number of aliphatic hydroxyl groups is 1. The molecule has 0 atom stereocenters. The number of aliphatic hydroxyl groups excluding tert-OH is 1. The Balaban J connectivity index is 2.60. The van der Waals surface area contributed by atoms with E-state index in [0.29, 0.717) is 0 Å². The fourth-order valence-corrected chi connectivity index (χ4v) is 1.17. The van der Waals surface area contributed by atoms with Gasteiger partial charge in [-0.25, -0.2) is 0 Å². The van der Waals surface area contributed by atoms with Crippen LogP contribution in [0.2, 0.25) is 0 Å². The van der Waals surface area contributed by atoms with Crippen LogP contribution < -0.4 is 14.8 Å². The molecule has 0 heterocycles. The largest absolute Gasteiger partial charge is 0.573 e. The van der Waals surface area contributed by atoms with Crippen molar-refractivity contribution in [1.29, 1.82) is 0 Å². The third-order valence-corrected chi connectivity index (χ3v) is 1.87. The molecule has 1 rings (SSSR count). The molecule has 0 unspecified atom stereocenters. The van der Waals surface area contributed by atoms with Crippen LogP contribution in [0.3, 0.4) is 0 Å². The highest BCUT2D eigenvalue weighted by atomic mass is 19.4. The summed E-state index contributed by atoms with van der Waals surface area (Å²) in [6, 6.07) is 5.12. The third kappa shape index (κ3) is 5.96. The molecule has 2 N–H and O–H groups in total. The van der Waals surface area contributed by atoms with Gasteiger partial charge in [-0.3, -0.25) is 4.79 Å². The van der Waals surface area contributed by atoms with Crippen molar-refractivity contribution >= 4 is 5.91 Å². The zero-order valence-corrected chi connectivity index (χ0v) is 9.74. The van der Waals surface area contributed by atoms with Crippen LogP contribution >= 0.6 is 0 Å². The fraction of sp³-hybridized carbons (Fsp3) is 0.364. The Hall–Kier alpha value is -1.96. The summed E-state index contributed by atoms with van der Waals surface area (Å²) in [5, 5.41) is 10.8. The maximum absolute atomic E-state index is 12.1. The van der Waals surface area contributed by atoms with E-state index in [0.717, 1.165) is 6.07 Å². The van der Waals surface area contributed by atoms with Gasteiger partial charge < -0.3 is 19.9 Å². The zero-order chi connectivity index (χ0) is 14.3. The van der Waals surface area contributed by atoms with Crippen LogP contribution in [0, 0.1) is 0 Å². The Bertz CT molecular complexity index is 423. The lowest BCUT2D eigenvalue weighted by Crippen LogP contribution is -2.31. The summed E-state index contributed by atoms with van der Waals surface area (Å²) in [5.41, 5.74) is 0. The Labute approximate surface area is 106 Å². The lowest BCUT2D eigenvalue weighted by molar-refractivity contribution is -0.275. The van der Waals surface area contributed by atoms with E-state index < -0.39 is 24.6 Å². The second-order valence-electron chi connectivity index (χ2n) is 3.36. The summed E-state index contributed by atoms with van der Waals surface area (Å²) in [5.74, 6) is -1.28. The van der Waals surface area contributed by atoms with Crippen molar-refractivity contribution in [3.63, 3.8) is 0 Å². The van der Waals surface area contributed by atoms with E-state index >= 15 is 0 Å². The molecule has 0 saturated heterocycles. The summed E-state index contributed by atoms with van der Waals surface area (Å²) in [7, 11) is 0. The van der Waals surface area contributed by atoms with Crippen LogP contribution in [-0.2, 0) is 4.79 Å². The predicted octanol–water partition coefficient (Wildman–Crippen LogP) is 1.07. The summed E-state index contributed by atoms with van der Waals surface area (Å²) in [6.45, 7) is -0.666. The van der Waals surface area contributed by atoms with E-state index in [-0.39, 0.29) is 18.9 Å². The molecule has 0 aliphatic heterocycles. The van der Waals surface area contributed by atoms with Gasteiger partial charge in [-0.2, -0.15) is 0 Å². The SMILES string of the molecule is O=C(COc1ccccc1OC(F)(F)F)NCCO. The van der Waals surface area contributed by atoms with Gasteiger partial charge in [-0.15, -0.1) is 13.2 Å². The maximum atomic E-state index is 12.1. The van der Waals surface area contributed by atoms with Gasteiger partial charge in [0.1, 0.15) is 0 Å². The molecule has 5 nitrogen and oxygen atoms in total. The van der Waals surface area contributed by atoms with E-state index in [9.17, 15) is 18.0 Å². The number of carbonyl (C=O) groups excluding carboxylic acids is 1. The number of amides is 1. The van der Waals surface area contributed by atoms with Gasteiger partial charge >= 0.3 is 6.36 Å².